The zero-order valence-electron chi connectivity index (χ0n) is 12.5. The molecule has 0 aromatic carbocycles. The van der Waals surface area contributed by atoms with Crippen molar-refractivity contribution in [1.82, 2.24) is 0 Å². The van der Waals surface area contributed by atoms with Crippen molar-refractivity contribution in [3.8, 4) is 0 Å². The summed E-state index contributed by atoms with van der Waals surface area (Å²) < 4.78 is 239. The van der Waals surface area contributed by atoms with Crippen molar-refractivity contribution >= 4 is 25.7 Å². The van der Waals surface area contributed by atoms with Gasteiger partial charge in [0.2, 0.25) is 0 Å². The van der Waals surface area contributed by atoms with Gasteiger partial charge in [-0.05, 0) is 0 Å². The SMILES string of the molecule is FC(F)(F)[Si]1(C(F)(F)F)O[Si](C(F)(F)F)(C(F)(F)F)O[Si](C(F)(F)F)(C(F)(F)F)O1. The first-order valence-corrected chi connectivity index (χ1v) is 11.6. The predicted octanol–water partition coefficient (Wildman–Crippen LogP) is 4.99. The highest BCUT2D eigenvalue weighted by Gasteiger charge is 3.00. The third-order valence-electron chi connectivity index (χ3n) is 3.10. The highest BCUT2D eigenvalue weighted by molar-refractivity contribution is 6.98. The van der Waals surface area contributed by atoms with Gasteiger partial charge in [-0.15, -0.1) is 0 Å². The molecule has 0 aromatic heterocycles. The Kier molecular flexibility index (Phi) is 6.04. The smallest absolute Gasteiger partial charge is 0.393 e. The number of hydrogen-bond donors (Lipinski definition) is 0. The van der Waals surface area contributed by atoms with E-state index in [0.29, 0.717) is 0 Å². The van der Waals surface area contributed by atoms with Crippen LogP contribution in [-0.4, -0.2) is 60.5 Å². The molecule has 0 saturated carbocycles. The third kappa shape index (κ3) is 3.71. The second-order valence-electron chi connectivity index (χ2n) is 5.14. The minimum absolute atomic E-state index is 2.13. The van der Waals surface area contributed by atoms with Crippen LogP contribution in [0.2, 0.25) is 0 Å². The Balaban J connectivity index is 4.28. The molecule has 1 aliphatic rings. The van der Waals surface area contributed by atoms with E-state index < -0.39 is 60.5 Å². The summed E-state index contributed by atoms with van der Waals surface area (Å²) >= 11 is 0. The van der Waals surface area contributed by atoms with Crippen LogP contribution in [0.5, 0.6) is 0 Å². The van der Waals surface area contributed by atoms with Gasteiger partial charge in [-0.2, -0.15) is 79.0 Å². The van der Waals surface area contributed by atoms with Gasteiger partial charge in [0.05, 0.1) is 0 Å². The van der Waals surface area contributed by atoms with Gasteiger partial charge in [-0.25, -0.2) is 0 Å². The minimum Gasteiger partial charge on any atom is -0.393 e. The monoisotopic (exact) mass is 546 g/mol. The molecule has 3 nitrogen and oxygen atoms in total. The molecule has 0 N–H and O–H groups in total. The van der Waals surface area contributed by atoms with E-state index in [2.05, 4.69) is 12.3 Å². The first-order valence-electron chi connectivity index (χ1n) is 6.13. The summed E-state index contributed by atoms with van der Waals surface area (Å²) in [5.41, 5.74) is 0. The Morgan fingerprint density at radius 2 is 0.367 bits per heavy atom. The number of rotatable bonds is 0. The Morgan fingerprint density at radius 3 is 0.433 bits per heavy atom. The first-order chi connectivity index (χ1) is 12.6. The molecule has 0 aliphatic carbocycles. The lowest BCUT2D eigenvalue weighted by Gasteiger charge is -2.52. The van der Waals surface area contributed by atoms with Crippen LogP contribution in [0.25, 0.3) is 0 Å². The average molecular weight is 546 g/mol. The van der Waals surface area contributed by atoms with Crippen molar-refractivity contribution in [2.45, 2.75) is 34.8 Å². The Bertz CT molecular complexity index is 505. The molecule has 0 amide bonds. The number of halogens is 18. The molecule has 1 fully saturated rings. The van der Waals surface area contributed by atoms with E-state index in [9.17, 15) is 79.0 Å². The molecule has 0 aromatic rings. The van der Waals surface area contributed by atoms with Gasteiger partial charge in [0.15, 0.2) is 0 Å². The maximum absolute atomic E-state index is 12.9. The fourth-order valence-corrected chi connectivity index (χ4v) is 14.8. The molecule has 180 valence electrons. The van der Waals surface area contributed by atoms with Crippen molar-refractivity contribution in [2.75, 3.05) is 0 Å². The average Bonchev–Trinajstić information content (AvgIpc) is 2.39. The predicted molar refractivity (Wildman–Crippen MR) is 56.8 cm³/mol. The maximum Gasteiger partial charge on any atom is 0.557 e. The molecule has 0 bridgehead atoms. The summed E-state index contributed by atoms with van der Waals surface area (Å²) in [6.45, 7) is 0. The molecular weight excluding hydrogens is 546 g/mol. The molecule has 1 rings (SSSR count). The lowest BCUT2D eigenvalue weighted by atomic mass is 11.5. The van der Waals surface area contributed by atoms with Crippen molar-refractivity contribution in [3.05, 3.63) is 0 Å². The van der Waals surface area contributed by atoms with E-state index in [1.54, 1.807) is 0 Å². The molecule has 0 spiro atoms. The van der Waals surface area contributed by atoms with E-state index in [1.165, 1.54) is 0 Å². The maximum atomic E-state index is 12.9. The molecule has 24 heteroatoms. The molecule has 1 saturated heterocycles. The van der Waals surface area contributed by atoms with E-state index in [4.69, 9.17) is 0 Å². The lowest BCUT2D eigenvalue weighted by Crippen LogP contribution is -2.90. The van der Waals surface area contributed by atoms with Crippen molar-refractivity contribution < 1.29 is 91.4 Å². The van der Waals surface area contributed by atoms with Gasteiger partial charge in [0, 0.05) is 0 Å². The highest BCUT2D eigenvalue weighted by atomic mass is 28.5. The quantitative estimate of drug-likeness (QED) is 0.317. The Morgan fingerprint density at radius 1 is 0.267 bits per heavy atom. The standard InChI is InChI=1S/C6F18O3Si3/c7-1(8,9)28(2(10,11)12)25-29(3(13,14)15,4(16,17)18)27-30(26-28,5(19,20)21)6(22,23)24. The summed E-state index contributed by atoms with van der Waals surface area (Å²) in [6.07, 6.45) is 0. The molecule has 30 heavy (non-hydrogen) atoms. The molecule has 1 aliphatic heterocycles. The molecule has 0 unspecified atom stereocenters. The van der Waals surface area contributed by atoms with Crippen molar-refractivity contribution in [1.29, 1.82) is 0 Å². The highest BCUT2D eigenvalue weighted by Crippen LogP contribution is 2.60. The zero-order valence-corrected chi connectivity index (χ0v) is 15.5. The van der Waals surface area contributed by atoms with Crippen molar-refractivity contribution in [2.24, 2.45) is 0 Å². The molecule has 0 atom stereocenters. The molecule has 1 heterocycles. The zero-order chi connectivity index (χ0) is 24.6. The van der Waals surface area contributed by atoms with E-state index >= 15 is 0 Å². The lowest BCUT2D eigenvalue weighted by molar-refractivity contribution is -0.216. The van der Waals surface area contributed by atoms with Gasteiger partial charge >= 0.3 is 60.5 Å². The van der Waals surface area contributed by atoms with Gasteiger partial charge in [-0.3, -0.25) is 0 Å². The molecule has 0 radical (unpaired) electrons. The van der Waals surface area contributed by atoms with Gasteiger partial charge in [0.1, 0.15) is 0 Å². The summed E-state index contributed by atoms with van der Waals surface area (Å²) in [5.74, 6) is -46.3. The number of hydrogen-bond acceptors (Lipinski definition) is 3. The van der Waals surface area contributed by atoms with Crippen LogP contribution in [0, 0.1) is 0 Å². The summed E-state index contributed by atoms with van der Waals surface area (Å²) in [7, 11) is -29.0. The third-order valence-corrected chi connectivity index (χ3v) is 14.5. The summed E-state index contributed by atoms with van der Waals surface area (Å²) in [5, 5.41) is 0. The topological polar surface area (TPSA) is 27.7 Å². The van der Waals surface area contributed by atoms with Gasteiger partial charge in [0.25, 0.3) is 0 Å². The van der Waals surface area contributed by atoms with Crippen LogP contribution >= 0.6 is 0 Å². The second-order valence-corrected chi connectivity index (χ2v) is 14.7. The van der Waals surface area contributed by atoms with Crippen LogP contribution in [0.1, 0.15) is 0 Å². The van der Waals surface area contributed by atoms with E-state index in [-0.39, 0.29) is 0 Å². The van der Waals surface area contributed by atoms with E-state index in [0.717, 1.165) is 0 Å². The normalized spacial score (nSPS) is 23.4. The minimum atomic E-state index is -9.68. The molecular formula is C6F18O3Si3. The van der Waals surface area contributed by atoms with Crippen molar-refractivity contribution in [3.63, 3.8) is 0 Å². The first kappa shape index (κ1) is 27.3. The number of alkyl halides is 18. The van der Waals surface area contributed by atoms with E-state index in [1.807, 2.05) is 0 Å². The van der Waals surface area contributed by atoms with Crippen LogP contribution in [0.15, 0.2) is 0 Å². The fraction of sp³-hybridized carbons (Fsp3) is 1.00. The largest absolute Gasteiger partial charge is 0.557 e. The second kappa shape index (κ2) is 6.64. The van der Waals surface area contributed by atoms with Crippen LogP contribution in [-0.2, 0) is 12.3 Å². The Labute approximate surface area is 153 Å². The van der Waals surface area contributed by atoms with Gasteiger partial charge in [-0.1, -0.05) is 0 Å². The van der Waals surface area contributed by atoms with Crippen LogP contribution < -0.4 is 0 Å². The van der Waals surface area contributed by atoms with Crippen LogP contribution in [0.3, 0.4) is 0 Å². The Hall–Kier alpha value is -0.729. The summed E-state index contributed by atoms with van der Waals surface area (Å²) in [6, 6.07) is 0. The fourth-order valence-electron chi connectivity index (χ4n) is 1.85. The van der Waals surface area contributed by atoms with Gasteiger partial charge < -0.3 is 12.3 Å². The summed E-state index contributed by atoms with van der Waals surface area (Å²) in [4.78, 5) is 0. The van der Waals surface area contributed by atoms with Crippen LogP contribution in [0.4, 0.5) is 79.0 Å².